The van der Waals surface area contributed by atoms with E-state index in [0.29, 0.717) is 12.1 Å². The van der Waals surface area contributed by atoms with Crippen molar-refractivity contribution >= 4 is 11.6 Å². The highest BCUT2D eigenvalue weighted by Crippen LogP contribution is 2.16. The van der Waals surface area contributed by atoms with Crippen LogP contribution in [-0.2, 0) is 0 Å². The highest BCUT2D eigenvalue weighted by atomic mass is 19.1. The summed E-state index contributed by atoms with van der Waals surface area (Å²) in [6.07, 6.45) is 0. The Kier molecular flexibility index (Phi) is 6.65. The van der Waals surface area contributed by atoms with Gasteiger partial charge in [0.2, 0.25) is 0 Å². The van der Waals surface area contributed by atoms with Gasteiger partial charge in [-0.1, -0.05) is 12.1 Å². The van der Waals surface area contributed by atoms with Gasteiger partial charge in [-0.25, -0.2) is 4.39 Å². The average Bonchev–Trinajstić information content (AvgIpc) is 2.70. The minimum Gasteiger partial charge on any atom is -0.378 e. The number of nitrogens with one attached hydrogen (secondary N) is 3. The number of hydrogen-bond donors (Lipinski definition) is 3. The van der Waals surface area contributed by atoms with E-state index in [1.807, 2.05) is 14.1 Å². The van der Waals surface area contributed by atoms with Gasteiger partial charge < -0.3 is 20.0 Å². The van der Waals surface area contributed by atoms with Gasteiger partial charge in [0.25, 0.3) is 5.91 Å². The van der Waals surface area contributed by atoms with Crippen molar-refractivity contribution in [1.82, 2.24) is 5.32 Å². The van der Waals surface area contributed by atoms with Crippen molar-refractivity contribution in [3.63, 3.8) is 0 Å². The SMILES string of the molecule is CN(C)c1ccc([C@H](CNC(=O)c2ccc(F)cc2)[NH+]2CC[NH+](C)CC2)cc1. The maximum atomic E-state index is 13.1. The van der Waals surface area contributed by atoms with Crippen LogP contribution in [0.5, 0.6) is 0 Å². The minimum absolute atomic E-state index is 0.158. The van der Waals surface area contributed by atoms with Crippen molar-refractivity contribution in [2.24, 2.45) is 0 Å². The van der Waals surface area contributed by atoms with E-state index in [1.165, 1.54) is 34.7 Å². The zero-order valence-electron chi connectivity index (χ0n) is 17.0. The predicted octanol–water partition coefficient (Wildman–Crippen LogP) is -0.224. The maximum Gasteiger partial charge on any atom is 0.251 e. The van der Waals surface area contributed by atoms with Crippen LogP contribution in [0, 0.1) is 5.82 Å². The van der Waals surface area contributed by atoms with E-state index in [9.17, 15) is 9.18 Å². The van der Waals surface area contributed by atoms with Gasteiger partial charge in [0, 0.05) is 30.9 Å². The molecule has 2 aromatic carbocycles. The first-order valence-electron chi connectivity index (χ1n) is 9.91. The third-order valence-electron chi connectivity index (χ3n) is 5.62. The Hall–Kier alpha value is -2.44. The van der Waals surface area contributed by atoms with Crippen LogP contribution in [0.15, 0.2) is 48.5 Å². The lowest BCUT2D eigenvalue weighted by molar-refractivity contribution is -1.02. The monoisotopic (exact) mass is 386 g/mol. The molecule has 3 N–H and O–H groups in total. The number of quaternary nitrogens is 2. The van der Waals surface area contributed by atoms with Gasteiger partial charge in [0.1, 0.15) is 38.0 Å². The maximum absolute atomic E-state index is 13.1. The van der Waals surface area contributed by atoms with Crippen molar-refractivity contribution in [3.8, 4) is 0 Å². The molecule has 0 aliphatic carbocycles. The Morgan fingerprint density at radius 3 is 2.21 bits per heavy atom. The third-order valence-corrected chi connectivity index (χ3v) is 5.62. The van der Waals surface area contributed by atoms with Gasteiger partial charge in [-0.3, -0.25) is 4.79 Å². The largest absolute Gasteiger partial charge is 0.378 e. The summed E-state index contributed by atoms with van der Waals surface area (Å²) in [5.41, 5.74) is 2.89. The number of carbonyl (C=O) groups excluding carboxylic acids is 1. The van der Waals surface area contributed by atoms with E-state index in [0.717, 1.165) is 31.9 Å². The van der Waals surface area contributed by atoms with Crippen LogP contribution < -0.4 is 20.0 Å². The number of amides is 1. The van der Waals surface area contributed by atoms with Crippen molar-refractivity contribution < 1.29 is 19.0 Å². The molecule has 1 heterocycles. The smallest absolute Gasteiger partial charge is 0.251 e. The Morgan fingerprint density at radius 2 is 1.64 bits per heavy atom. The molecule has 28 heavy (non-hydrogen) atoms. The molecule has 0 spiro atoms. The standard InChI is InChI=1S/C22H29FN4O/c1-25(2)20-10-6-17(7-11-20)21(27-14-12-26(3)13-15-27)16-24-22(28)18-4-8-19(23)9-5-18/h4-11,21H,12-16H2,1-3H3,(H,24,28)/p+2/t21-/m0/s1. The number of likely N-dealkylation sites (N-methyl/N-ethyl adjacent to an activating group) is 1. The van der Waals surface area contributed by atoms with E-state index in [1.54, 1.807) is 4.90 Å². The van der Waals surface area contributed by atoms with Crippen LogP contribution in [0.4, 0.5) is 10.1 Å². The van der Waals surface area contributed by atoms with Gasteiger partial charge in [0.15, 0.2) is 0 Å². The molecule has 2 aromatic rings. The molecule has 3 rings (SSSR count). The van der Waals surface area contributed by atoms with Crippen LogP contribution in [-0.4, -0.2) is 59.8 Å². The summed E-state index contributed by atoms with van der Waals surface area (Å²) in [6, 6.07) is 14.5. The van der Waals surface area contributed by atoms with E-state index in [-0.39, 0.29) is 17.8 Å². The number of carbonyl (C=O) groups is 1. The highest BCUT2D eigenvalue weighted by Gasteiger charge is 2.29. The topological polar surface area (TPSA) is 41.2 Å². The average molecular weight is 387 g/mol. The van der Waals surface area contributed by atoms with Gasteiger partial charge in [-0.05, 0) is 36.4 Å². The molecule has 1 aliphatic rings. The predicted molar refractivity (Wildman–Crippen MR) is 110 cm³/mol. The molecule has 1 fully saturated rings. The summed E-state index contributed by atoms with van der Waals surface area (Å²) < 4.78 is 13.1. The van der Waals surface area contributed by atoms with Gasteiger partial charge >= 0.3 is 0 Å². The summed E-state index contributed by atoms with van der Waals surface area (Å²) >= 11 is 0. The molecule has 1 aliphatic heterocycles. The van der Waals surface area contributed by atoms with E-state index in [4.69, 9.17) is 0 Å². The Bertz CT molecular complexity index is 768. The summed E-state index contributed by atoms with van der Waals surface area (Å²) in [4.78, 5) is 17.7. The van der Waals surface area contributed by atoms with Crippen molar-refractivity contribution in [2.45, 2.75) is 6.04 Å². The van der Waals surface area contributed by atoms with Crippen molar-refractivity contribution in [3.05, 3.63) is 65.5 Å². The molecule has 1 amide bonds. The van der Waals surface area contributed by atoms with E-state index in [2.05, 4.69) is 41.5 Å². The summed E-state index contributed by atoms with van der Waals surface area (Å²) in [6.45, 7) is 4.99. The number of halogens is 1. The molecule has 0 radical (unpaired) electrons. The number of piperazine rings is 1. The van der Waals surface area contributed by atoms with Gasteiger partial charge in [-0.2, -0.15) is 0 Å². The van der Waals surface area contributed by atoms with Crippen LogP contribution >= 0.6 is 0 Å². The normalized spacial score (nSPS) is 20.4. The highest BCUT2D eigenvalue weighted by molar-refractivity contribution is 5.94. The minimum atomic E-state index is -0.334. The first kappa shape index (κ1) is 20.3. The fraction of sp³-hybridized carbons (Fsp3) is 0.409. The van der Waals surface area contributed by atoms with Crippen LogP contribution in [0.1, 0.15) is 22.0 Å². The number of benzene rings is 2. The molecule has 0 aromatic heterocycles. The lowest BCUT2D eigenvalue weighted by Crippen LogP contribution is -3.27. The number of nitrogens with zero attached hydrogens (tertiary/aromatic N) is 1. The number of anilines is 1. The Labute approximate surface area is 166 Å². The molecule has 1 atom stereocenters. The molecule has 0 unspecified atom stereocenters. The first-order chi connectivity index (χ1) is 13.4. The third kappa shape index (κ3) is 5.09. The number of hydrogen-bond acceptors (Lipinski definition) is 2. The second-order valence-electron chi connectivity index (χ2n) is 7.87. The zero-order valence-corrected chi connectivity index (χ0v) is 17.0. The van der Waals surface area contributed by atoms with Gasteiger partial charge in [-0.15, -0.1) is 0 Å². The summed E-state index contributed by atoms with van der Waals surface area (Å²) in [5.74, 6) is -0.492. The van der Waals surface area contributed by atoms with Gasteiger partial charge in [0.05, 0.1) is 13.6 Å². The fourth-order valence-corrected chi connectivity index (χ4v) is 3.75. The van der Waals surface area contributed by atoms with E-state index < -0.39 is 0 Å². The molecular formula is C22H31FN4O+2. The number of rotatable bonds is 6. The lowest BCUT2D eigenvalue weighted by Gasteiger charge is -2.33. The Balaban J connectivity index is 1.74. The summed E-state index contributed by atoms with van der Waals surface area (Å²) in [7, 11) is 6.29. The van der Waals surface area contributed by atoms with E-state index >= 15 is 0 Å². The Morgan fingerprint density at radius 1 is 1.04 bits per heavy atom. The molecule has 1 saturated heterocycles. The molecule has 0 bridgehead atoms. The second kappa shape index (κ2) is 9.17. The lowest BCUT2D eigenvalue weighted by atomic mass is 10.0. The molecule has 150 valence electrons. The second-order valence-corrected chi connectivity index (χ2v) is 7.87. The molecular weight excluding hydrogens is 355 g/mol. The van der Waals surface area contributed by atoms with Crippen LogP contribution in [0.25, 0.3) is 0 Å². The molecule has 0 saturated carbocycles. The van der Waals surface area contributed by atoms with Crippen molar-refractivity contribution in [2.75, 3.05) is 58.8 Å². The van der Waals surface area contributed by atoms with Crippen LogP contribution in [0.2, 0.25) is 0 Å². The van der Waals surface area contributed by atoms with Crippen LogP contribution in [0.3, 0.4) is 0 Å². The quantitative estimate of drug-likeness (QED) is 0.642. The zero-order chi connectivity index (χ0) is 20.1. The fourth-order valence-electron chi connectivity index (χ4n) is 3.75. The first-order valence-corrected chi connectivity index (χ1v) is 9.91. The van der Waals surface area contributed by atoms with Crippen molar-refractivity contribution in [1.29, 1.82) is 0 Å². The molecule has 5 nitrogen and oxygen atoms in total. The molecule has 6 heteroatoms. The summed E-state index contributed by atoms with van der Waals surface area (Å²) in [5, 5.41) is 3.06.